The highest BCUT2D eigenvalue weighted by Crippen LogP contribution is 2.16. The molecule has 4 nitrogen and oxygen atoms in total. The third-order valence-corrected chi connectivity index (χ3v) is 3.31. The van der Waals surface area contributed by atoms with Gasteiger partial charge < -0.3 is 10.1 Å². The van der Waals surface area contributed by atoms with Gasteiger partial charge in [-0.2, -0.15) is 0 Å². The van der Waals surface area contributed by atoms with Gasteiger partial charge in [0, 0.05) is 11.0 Å². The van der Waals surface area contributed by atoms with E-state index >= 15 is 0 Å². The average Bonchev–Trinajstić information content (AvgIpc) is 2.54. The first-order valence-electron chi connectivity index (χ1n) is 6.49. The lowest BCUT2D eigenvalue weighted by molar-refractivity contribution is -0.124. The fraction of sp³-hybridized carbons (Fsp3) is 0.125. The van der Waals surface area contributed by atoms with E-state index in [9.17, 15) is 14.0 Å². The highest BCUT2D eigenvalue weighted by Gasteiger charge is 2.15. The Bertz CT molecular complexity index is 676. The van der Waals surface area contributed by atoms with Crippen LogP contribution in [0.5, 0.6) is 0 Å². The van der Waals surface area contributed by atoms with Gasteiger partial charge in [-0.1, -0.05) is 46.3 Å². The average molecular weight is 366 g/mol. The van der Waals surface area contributed by atoms with Gasteiger partial charge in [-0.3, -0.25) is 4.79 Å². The molecule has 2 aromatic rings. The predicted molar refractivity (Wildman–Crippen MR) is 82.7 cm³/mol. The summed E-state index contributed by atoms with van der Waals surface area (Å²) in [6.07, 6.45) is 0. The second-order valence-electron chi connectivity index (χ2n) is 4.46. The maximum Gasteiger partial charge on any atom is 0.341 e. The molecule has 0 bridgehead atoms. The molecule has 0 aliphatic heterocycles. The van der Waals surface area contributed by atoms with E-state index in [4.69, 9.17) is 4.74 Å². The van der Waals surface area contributed by atoms with Crippen molar-refractivity contribution in [3.05, 3.63) is 69.9 Å². The predicted octanol–water partition coefficient (Wildman–Crippen LogP) is 3.06. The number of nitrogens with one attached hydrogen (secondary N) is 1. The zero-order valence-electron chi connectivity index (χ0n) is 11.5. The van der Waals surface area contributed by atoms with Crippen LogP contribution in [-0.2, 0) is 16.1 Å². The van der Waals surface area contributed by atoms with E-state index in [1.165, 1.54) is 12.1 Å². The molecule has 0 saturated carbocycles. The minimum atomic E-state index is -0.881. The molecule has 2 aromatic carbocycles. The molecule has 0 spiro atoms. The Morgan fingerprint density at radius 3 is 2.59 bits per heavy atom. The summed E-state index contributed by atoms with van der Waals surface area (Å²) in [7, 11) is 0. The molecule has 0 atom stereocenters. The summed E-state index contributed by atoms with van der Waals surface area (Å²) < 4.78 is 18.8. The van der Waals surface area contributed by atoms with Crippen molar-refractivity contribution in [2.75, 3.05) is 6.61 Å². The molecular formula is C16H13BrFNO3. The van der Waals surface area contributed by atoms with Gasteiger partial charge in [0.1, 0.15) is 5.82 Å². The summed E-state index contributed by atoms with van der Waals surface area (Å²) in [5.41, 5.74) is 0.713. The van der Waals surface area contributed by atoms with E-state index in [1.807, 2.05) is 30.3 Å². The summed E-state index contributed by atoms with van der Waals surface area (Å²) in [5.74, 6) is -2.03. The van der Waals surface area contributed by atoms with E-state index < -0.39 is 24.3 Å². The van der Waals surface area contributed by atoms with Crippen LogP contribution < -0.4 is 5.32 Å². The molecule has 1 N–H and O–H groups in total. The van der Waals surface area contributed by atoms with Crippen molar-refractivity contribution in [1.82, 2.24) is 5.32 Å². The lowest BCUT2D eigenvalue weighted by atomic mass is 10.2. The van der Waals surface area contributed by atoms with E-state index in [-0.39, 0.29) is 5.56 Å². The Labute approximate surface area is 135 Å². The van der Waals surface area contributed by atoms with Gasteiger partial charge in [0.05, 0.1) is 5.56 Å². The SMILES string of the molecule is O=C(COC(=O)c1cc(Br)ccc1F)NCc1ccccc1. The van der Waals surface area contributed by atoms with Crippen LogP contribution in [0.25, 0.3) is 0 Å². The molecule has 0 radical (unpaired) electrons. The van der Waals surface area contributed by atoms with Gasteiger partial charge in [-0.15, -0.1) is 0 Å². The molecule has 0 unspecified atom stereocenters. The van der Waals surface area contributed by atoms with Crippen LogP contribution in [-0.4, -0.2) is 18.5 Å². The molecule has 0 fully saturated rings. The first-order valence-corrected chi connectivity index (χ1v) is 7.28. The zero-order chi connectivity index (χ0) is 15.9. The number of carbonyl (C=O) groups is 2. The molecule has 0 aliphatic rings. The van der Waals surface area contributed by atoms with Crippen molar-refractivity contribution in [3.63, 3.8) is 0 Å². The molecule has 114 valence electrons. The summed E-state index contributed by atoms with van der Waals surface area (Å²) in [6, 6.07) is 13.2. The normalized spacial score (nSPS) is 10.1. The van der Waals surface area contributed by atoms with Crippen LogP contribution in [0.2, 0.25) is 0 Å². The van der Waals surface area contributed by atoms with Crippen molar-refractivity contribution in [1.29, 1.82) is 0 Å². The zero-order valence-corrected chi connectivity index (χ0v) is 13.1. The van der Waals surface area contributed by atoms with E-state index in [0.29, 0.717) is 11.0 Å². The Morgan fingerprint density at radius 1 is 1.14 bits per heavy atom. The van der Waals surface area contributed by atoms with Crippen molar-refractivity contribution < 1.29 is 18.7 Å². The van der Waals surface area contributed by atoms with Gasteiger partial charge in [-0.25, -0.2) is 9.18 Å². The van der Waals surface area contributed by atoms with Gasteiger partial charge in [0.25, 0.3) is 5.91 Å². The molecule has 0 aliphatic carbocycles. The fourth-order valence-corrected chi connectivity index (χ4v) is 2.07. The summed E-state index contributed by atoms with van der Waals surface area (Å²) in [6.45, 7) is -0.125. The number of halogens is 2. The molecule has 22 heavy (non-hydrogen) atoms. The maximum absolute atomic E-state index is 13.5. The highest BCUT2D eigenvalue weighted by molar-refractivity contribution is 9.10. The minimum absolute atomic E-state index is 0.217. The van der Waals surface area contributed by atoms with Crippen LogP contribution >= 0.6 is 15.9 Å². The number of ether oxygens (including phenoxy) is 1. The molecule has 0 aromatic heterocycles. The van der Waals surface area contributed by atoms with Gasteiger partial charge >= 0.3 is 5.97 Å². The second kappa shape index (κ2) is 7.70. The number of esters is 1. The Morgan fingerprint density at radius 2 is 1.86 bits per heavy atom. The Hall–Kier alpha value is -2.21. The largest absolute Gasteiger partial charge is 0.452 e. The molecular weight excluding hydrogens is 353 g/mol. The molecule has 6 heteroatoms. The standard InChI is InChI=1S/C16H13BrFNO3/c17-12-6-7-14(18)13(8-12)16(21)22-10-15(20)19-9-11-4-2-1-3-5-11/h1-8H,9-10H2,(H,19,20). The number of benzene rings is 2. The molecule has 0 heterocycles. The smallest absolute Gasteiger partial charge is 0.341 e. The summed E-state index contributed by atoms with van der Waals surface area (Å²) >= 11 is 3.14. The maximum atomic E-state index is 13.5. The molecule has 1 amide bonds. The van der Waals surface area contributed by atoms with Crippen LogP contribution in [0, 0.1) is 5.82 Å². The lowest BCUT2D eigenvalue weighted by Crippen LogP contribution is -2.28. The van der Waals surface area contributed by atoms with Crippen LogP contribution in [0.4, 0.5) is 4.39 Å². The highest BCUT2D eigenvalue weighted by atomic mass is 79.9. The number of carbonyl (C=O) groups excluding carboxylic acids is 2. The number of amides is 1. The lowest BCUT2D eigenvalue weighted by Gasteiger charge is -2.07. The van der Waals surface area contributed by atoms with E-state index in [2.05, 4.69) is 21.2 Å². The number of hydrogen-bond acceptors (Lipinski definition) is 3. The van der Waals surface area contributed by atoms with Crippen molar-refractivity contribution >= 4 is 27.8 Å². The van der Waals surface area contributed by atoms with Crippen LogP contribution in [0.1, 0.15) is 15.9 Å². The third-order valence-electron chi connectivity index (χ3n) is 2.82. The topological polar surface area (TPSA) is 55.4 Å². The minimum Gasteiger partial charge on any atom is -0.452 e. The summed E-state index contributed by atoms with van der Waals surface area (Å²) in [4.78, 5) is 23.3. The van der Waals surface area contributed by atoms with Gasteiger partial charge in [0.2, 0.25) is 0 Å². The Balaban J connectivity index is 1.83. The van der Waals surface area contributed by atoms with Crippen molar-refractivity contribution in [2.24, 2.45) is 0 Å². The monoisotopic (exact) mass is 365 g/mol. The first kappa shape index (κ1) is 16.2. The van der Waals surface area contributed by atoms with Gasteiger partial charge in [-0.05, 0) is 23.8 Å². The third kappa shape index (κ3) is 4.66. The second-order valence-corrected chi connectivity index (χ2v) is 5.38. The molecule has 2 rings (SSSR count). The van der Waals surface area contributed by atoms with Crippen molar-refractivity contribution in [3.8, 4) is 0 Å². The summed E-state index contributed by atoms with van der Waals surface area (Å²) in [5, 5.41) is 2.61. The quantitative estimate of drug-likeness (QED) is 0.828. The van der Waals surface area contributed by atoms with Crippen molar-refractivity contribution in [2.45, 2.75) is 6.54 Å². The number of hydrogen-bond donors (Lipinski definition) is 1. The van der Waals surface area contributed by atoms with Crippen LogP contribution in [0.15, 0.2) is 53.0 Å². The molecule has 0 saturated heterocycles. The van der Waals surface area contributed by atoms with Gasteiger partial charge in [0.15, 0.2) is 6.61 Å². The fourth-order valence-electron chi connectivity index (χ4n) is 1.71. The van der Waals surface area contributed by atoms with Crippen LogP contribution in [0.3, 0.4) is 0 Å². The first-order chi connectivity index (χ1) is 10.6. The number of rotatable bonds is 5. The van der Waals surface area contributed by atoms with E-state index in [1.54, 1.807) is 0 Å². The Kier molecular flexibility index (Phi) is 5.66. The van der Waals surface area contributed by atoms with E-state index in [0.717, 1.165) is 11.6 Å².